The van der Waals surface area contributed by atoms with Crippen LogP contribution in [0.15, 0.2) is 66.1 Å². The van der Waals surface area contributed by atoms with E-state index in [1.807, 2.05) is 0 Å². The molecule has 29 heavy (non-hydrogen) atoms. The summed E-state index contributed by atoms with van der Waals surface area (Å²) in [4.78, 5) is 34.1. The van der Waals surface area contributed by atoms with Crippen LogP contribution in [-0.2, 0) is 16.7 Å². The van der Waals surface area contributed by atoms with E-state index in [0.717, 1.165) is 0 Å². The van der Waals surface area contributed by atoms with Gasteiger partial charge in [-0.3, -0.25) is 9.59 Å². The minimum atomic E-state index is -0.804. The number of carbonyl (C=O) groups excluding carboxylic acids is 2. The number of benzene rings is 2. The molecule has 8 heteroatoms. The molecular formula is C21H17FN4O3. The summed E-state index contributed by atoms with van der Waals surface area (Å²) in [6.45, 7) is 0. The summed E-state index contributed by atoms with van der Waals surface area (Å²) in [5.74, 6) is -0.618. The largest absolute Gasteiger partial charge is 0.382 e. The minimum Gasteiger partial charge on any atom is -0.382 e. The molecule has 0 spiro atoms. The number of aryl methyl sites for hydroxylation is 1. The summed E-state index contributed by atoms with van der Waals surface area (Å²) in [6.07, 6.45) is 2.69. The third-order valence-electron chi connectivity index (χ3n) is 4.56. The third kappa shape index (κ3) is 3.91. The third-order valence-corrected chi connectivity index (χ3v) is 4.56. The van der Waals surface area contributed by atoms with Crippen molar-refractivity contribution in [3.8, 4) is 0 Å². The number of hydrogen-bond donors (Lipinski definition) is 1. The standard InChI is InChI=1S/C21H17FN4O3/c1-26-10-9-23-20(26)19(27)13-5-7-16(8-6-13)24-21(28)18-12-17(25-29-18)14-3-2-4-15(22)11-14/h2-11,18H,12H2,1H3,(H,24,28). The van der Waals surface area contributed by atoms with Crippen molar-refractivity contribution in [2.24, 2.45) is 12.2 Å². The molecule has 1 amide bonds. The van der Waals surface area contributed by atoms with Gasteiger partial charge in [-0.15, -0.1) is 0 Å². The molecule has 1 aliphatic heterocycles. The second kappa shape index (κ2) is 7.67. The number of nitrogens with one attached hydrogen (secondary N) is 1. The normalized spacial score (nSPS) is 15.5. The quantitative estimate of drug-likeness (QED) is 0.677. The van der Waals surface area contributed by atoms with Crippen molar-refractivity contribution < 1.29 is 18.8 Å². The molecule has 0 bridgehead atoms. The van der Waals surface area contributed by atoms with Gasteiger partial charge in [-0.05, 0) is 36.4 Å². The summed E-state index contributed by atoms with van der Waals surface area (Å²) in [7, 11) is 1.75. The average molecular weight is 392 g/mol. The highest BCUT2D eigenvalue weighted by Crippen LogP contribution is 2.20. The molecule has 1 aliphatic rings. The maximum Gasteiger partial charge on any atom is 0.268 e. The van der Waals surface area contributed by atoms with Crippen molar-refractivity contribution in [3.05, 3.63) is 83.7 Å². The molecule has 3 aromatic rings. The summed E-state index contributed by atoms with van der Waals surface area (Å²) < 4.78 is 15.0. The Labute approximate surface area is 165 Å². The van der Waals surface area contributed by atoms with E-state index in [0.29, 0.717) is 28.4 Å². The van der Waals surface area contributed by atoms with Gasteiger partial charge in [-0.2, -0.15) is 0 Å². The average Bonchev–Trinajstić information content (AvgIpc) is 3.37. The Bertz CT molecular complexity index is 1110. The highest BCUT2D eigenvalue weighted by molar-refractivity contribution is 6.08. The first-order chi connectivity index (χ1) is 14.0. The van der Waals surface area contributed by atoms with Crippen LogP contribution in [0.5, 0.6) is 0 Å². The predicted molar refractivity (Wildman–Crippen MR) is 104 cm³/mol. The van der Waals surface area contributed by atoms with Crippen molar-refractivity contribution in [2.45, 2.75) is 12.5 Å². The van der Waals surface area contributed by atoms with Crippen molar-refractivity contribution in [1.82, 2.24) is 9.55 Å². The number of nitrogens with zero attached hydrogens (tertiary/aromatic N) is 3. The fraction of sp³-hybridized carbons (Fsp3) is 0.143. The predicted octanol–water partition coefficient (Wildman–Crippen LogP) is 2.92. The number of carbonyl (C=O) groups is 2. The molecule has 7 nitrogen and oxygen atoms in total. The molecule has 1 unspecified atom stereocenters. The molecule has 0 saturated carbocycles. The van der Waals surface area contributed by atoms with Crippen LogP contribution in [0.25, 0.3) is 0 Å². The zero-order valence-corrected chi connectivity index (χ0v) is 15.5. The lowest BCUT2D eigenvalue weighted by atomic mass is 10.0. The van der Waals surface area contributed by atoms with E-state index in [1.165, 1.54) is 12.1 Å². The van der Waals surface area contributed by atoms with Gasteiger partial charge >= 0.3 is 0 Å². The monoisotopic (exact) mass is 392 g/mol. The number of oxime groups is 1. The highest BCUT2D eigenvalue weighted by Gasteiger charge is 2.29. The molecule has 2 heterocycles. The van der Waals surface area contributed by atoms with Gasteiger partial charge in [0.2, 0.25) is 11.9 Å². The van der Waals surface area contributed by atoms with Crippen LogP contribution >= 0.6 is 0 Å². The van der Waals surface area contributed by atoms with E-state index in [9.17, 15) is 14.0 Å². The van der Waals surface area contributed by atoms with Gasteiger partial charge < -0.3 is 14.7 Å². The highest BCUT2D eigenvalue weighted by atomic mass is 19.1. The van der Waals surface area contributed by atoms with Crippen LogP contribution in [0.3, 0.4) is 0 Å². The molecule has 0 fully saturated rings. The van der Waals surface area contributed by atoms with E-state index >= 15 is 0 Å². The first kappa shape index (κ1) is 18.5. The molecule has 146 valence electrons. The number of imidazole rings is 1. The Hall–Kier alpha value is -3.81. The molecule has 1 atom stereocenters. The number of ketones is 1. The molecule has 0 saturated heterocycles. The molecular weight excluding hydrogens is 375 g/mol. The van der Waals surface area contributed by atoms with Crippen LogP contribution in [0, 0.1) is 5.82 Å². The Morgan fingerprint density at radius 2 is 2.00 bits per heavy atom. The zero-order chi connectivity index (χ0) is 20.4. The van der Waals surface area contributed by atoms with Crippen molar-refractivity contribution >= 4 is 23.1 Å². The van der Waals surface area contributed by atoms with Crippen molar-refractivity contribution in [3.63, 3.8) is 0 Å². The molecule has 0 radical (unpaired) electrons. The van der Waals surface area contributed by atoms with Gasteiger partial charge in [0, 0.05) is 42.7 Å². The van der Waals surface area contributed by atoms with Crippen molar-refractivity contribution in [1.29, 1.82) is 0 Å². The van der Waals surface area contributed by atoms with Gasteiger partial charge in [-0.25, -0.2) is 9.37 Å². The Morgan fingerprint density at radius 3 is 2.69 bits per heavy atom. The Kier molecular flexibility index (Phi) is 4.90. The van der Waals surface area contributed by atoms with Crippen LogP contribution in [-0.4, -0.2) is 33.1 Å². The number of aromatic nitrogens is 2. The minimum absolute atomic E-state index is 0.206. The summed E-state index contributed by atoms with van der Waals surface area (Å²) in [6, 6.07) is 12.5. The molecule has 1 N–H and O–H groups in total. The number of anilines is 1. The summed E-state index contributed by atoms with van der Waals surface area (Å²) in [5, 5.41) is 6.64. The number of rotatable bonds is 5. The lowest BCUT2D eigenvalue weighted by Gasteiger charge is -2.10. The number of halogens is 1. The zero-order valence-electron chi connectivity index (χ0n) is 15.5. The second-order valence-electron chi connectivity index (χ2n) is 6.60. The van der Waals surface area contributed by atoms with E-state index in [4.69, 9.17) is 4.84 Å². The molecule has 0 aliphatic carbocycles. The number of amides is 1. The Morgan fingerprint density at radius 1 is 1.21 bits per heavy atom. The van der Waals surface area contributed by atoms with Gasteiger partial charge in [0.15, 0.2) is 5.82 Å². The van der Waals surface area contributed by atoms with Gasteiger partial charge in [0.05, 0.1) is 5.71 Å². The van der Waals surface area contributed by atoms with Gasteiger partial charge in [0.25, 0.3) is 5.91 Å². The topological polar surface area (TPSA) is 85.6 Å². The fourth-order valence-corrected chi connectivity index (χ4v) is 3.00. The first-order valence-electron chi connectivity index (χ1n) is 8.93. The van der Waals surface area contributed by atoms with Gasteiger partial charge in [0.1, 0.15) is 5.82 Å². The lowest BCUT2D eigenvalue weighted by Crippen LogP contribution is -2.28. The Balaban J connectivity index is 1.38. The van der Waals surface area contributed by atoms with E-state index in [1.54, 1.807) is 60.4 Å². The van der Waals surface area contributed by atoms with E-state index in [-0.39, 0.29) is 23.9 Å². The first-order valence-corrected chi connectivity index (χ1v) is 8.93. The molecule has 4 rings (SSSR count). The van der Waals surface area contributed by atoms with Crippen LogP contribution < -0.4 is 5.32 Å². The van der Waals surface area contributed by atoms with Crippen LogP contribution in [0.4, 0.5) is 10.1 Å². The van der Waals surface area contributed by atoms with E-state index < -0.39 is 6.10 Å². The fourth-order valence-electron chi connectivity index (χ4n) is 3.00. The van der Waals surface area contributed by atoms with Crippen molar-refractivity contribution in [2.75, 3.05) is 5.32 Å². The SMILES string of the molecule is Cn1ccnc1C(=O)c1ccc(NC(=O)C2CC(c3cccc(F)c3)=NO2)cc1. The molecule has 1 aromatic heterocycles. The number of hydrogen-bond acceptors (Lipinski definition) is 5. The lowest BCUT2D eigenvalue weighted by molar-refractivity contribution is -0.125. The summed E-state index contributed by atoms with van der Waals surface area (Å²) >= 11 is 0. The van der Waals surface area contributed by atoms with Crippen LogP contribution in [0.2, 0.25) is 0 Å². The van der Waals surface area contributed by atoms with E-state index in [2.05, 4.69) is 15.5 Å². The van der Waals surface area contributed by atoms with Crippen LogP contribution in [0.1, 0.15) is 28.2 Å². The molecule has 2 aromatic carbocycles. The van der Waals surface area contributed by atoms with Gasteiger partial charge in [-0.1, -0.05) is 17.3 Å². The second-order valence-corrected chi connectivity index (χ2v) is 6.60. The smallest absolute Gasteiger partial charge is 0.268 e. The maximum absolute atomic E-state index is 13.4. The maximum atomic E-state index is 13.4. The summed E-state index contributed by atoms with van der Waals surface area (Å²) in [5.41, 5.74) is 2.08.